The van der Waals surface area contributed by atoms with E-state index < -0.39 is 5.91 Å². The predicted molar refractivity (Wildman–Crippen MR) is 169 cm³/mol. The Morgan fingerprint density at radius 1 is 0.881 bits per heavy atom. The van der Waals surface area contributed by atoms with Crippen LogP contribution >= 0.6 is 11.6 Å². The molecule has 0 saturated heterocycles. The second-order valence-electron chi connectivity index (χ2n) is 9.98. The number of carbonyl (C=O) groups is 1. The first-order chi connectivity index (χ1) is 20.4. The Morgan fingerprint density at radius 2 is 1.64 bits per heavy atom. The molecule has 0 spiro atoms. The molecule has 0 aliphatic carbocycles. The van der Waals surface area contributed by atoms with Gasteiger partial charge in [-0.25, -0.2) is 0 Å². The molecule has 0 fully saturated rings. The van der Waals surface area contributed by atoms with Gasteiger partial charge in [-0.05, 0) is 83.8 Å². The SMILES string of the molecule is Cc1ccc(COc2ccc(NC(=O)/C(C#N)=C/c3ccc(OCc4c(C)ccc5ccccc45)c(Cl)c3)cc2)cc1. The molecule has 42 heavy (non-hydrogen) atoms. The molecule has 0 saturated carbocycles. The Kier molecular flexibility index (Phi) is 8.87. The van der Waals surface area contributed by atoms with E-state index in [4.69, 9.17) is 21.1 Å². The van der Waals surface area contributed by atoms with Crippen LogP contribution in [0.2, 0.25) is 5.02 Å². The molecule has 208 valence electrons. The summed E-state index contributed by atoms with van der Waals surface area (Å²) in [6.07, 6.45) is 1.50. The van der Waals surface area contributed by atoms with Gasteiger partial charge in [0.2, 0.25) is 0 Å². The molecule has 1 amide bonds. The molecule has 0 bridgehead atoms. The number of ether oxygens (including phenoxy) is 2. The van der Waals surface area contributed by atoms with Crippen molar-refractivity contribution in [2.75, 3.05) is 5.32 Å². The number of rotatable bonds is 9. The van der Waals surface area contributed by atoms with E-state index in [2.05, 4.69) is 36.5 Å². The minimum atomic E-state index is -0.520. The highest BCUT2D eigenvalue weighted by molar-refractivity contribution is 6.32. The molecule has 0 atom stereocenters. The molecule has 6 heteroatoms. The van der Waals surface area contributed by atoms with Gasteiger partial charge in [0, 0.05) is 11.3 Å². The normalized spacial score (nSPS) is 11.1. The Labute approximate surface area is 250 Å². The van der Waals surface area contributed by atoms with Gasteiger partial charge in [0.05, 0.1) is 5.02 Å². The Bertz CT molecular complexity index is 1800. The van der Waals surface area contributed by atoms with Gasteiger partial charge in [-0.1, -0.05) is 83.9 Å². The third-order valence-electron chi connectivity index (χ3n) is 6.92. The number of nitrogens with one attached hydrogen (secondary N) is 1. The molecule has 0 aromatic heterocycles. The van der Waals surface area contributed by atoms with Gasteiger partial charge in [-0.3, -0.25) is 4.79 Å². The molecule has 5 aromatic carbocycles. The number of hydrogen-bond donors (Lipinski definition) is 1. The molecule has 0 radical (unpaired) electrons. The maximum absolute atomic E-state index is 12.8. The van der Waals surface area contributed by atoms with E-state index in [-0.39, 0.29) is 5.57 Å². The quantitative estimate of drug-likeness (QED) is 0.141. The number of benzene rings is 5. The van der Waals surface area contributed by atoms with Crippen LogP contribution in [0.25, 0.3) is 16.8 Å². The zero-order valence-corrected chi connectivity index (χ0v) is 24.1. The summed E-state index contributed by atoms with van der Waals surface area (Å²) in [5.41, 5.74) is 5.62. The highest BCUT2D eigenvalue weighted by Crippen LogP contribution is 2.29. The van der Waals surface area contributed by atoms with Crippen molar-refractivity contribution in [3.63, 3.8) is 0 Å². The highest BCUT2D eigenvalue weighted by Gasteiger charge is 2.12. The summed E-state index contributed by atoms with van der Waals surface area (Å²) >= 11 is 6.53. The number of fused-ring (bicyclic) bond motifs is 1. The van der Waals surface area contributed by atoms with Crippen molar-refractivity contribution >= 4 is 40.0 Å². The van der Waals surface area contributed by atoms with E-state index in [1.54, 1.807) is 42.5 Å². The molecule has 1 N–H and O–H groups in total. The summed E-state index contributed by atoms with van der Waals surface area (Å²) in [6.45, 7) is 4.91. The first-order valence-electron chi connectivity index (χ1n) is 13.5. The largest absolute Gasteiger partial charge is 0.489 e. The molecular formula is C36H29ClN2O3. The minimum absolute atomic E-state index is 0.0502. The second kappa shape index (κ2) is 13.1. The summed E-state index contributed by atoms with van der Waals surface area (Å²) in [6, 6.07) is 34.7. The first-order valence-corrected chi connectivity index (χ1v) is 13.9. The summed E-state index contributed by atoms with van der Waals surface area (Å²) in [4.78, 5) is 12.8. The fourth-order valence-corrected chi connectivity index (χ4v) is 4.75. The summed E-state index contributed by atoms with van der Waals surface area (Å²) < 4.78 is 11.9. The van der Waals surface area contributed by atoms with Crippen molar-refractivity contribution in [3.05, 3.63) is 142 Å². The Balaban J connectivity index is 1.21. The topological polar surface area (TPSA) is 71.3 Å². The maximum Gasteiger partial charge on any atom is 0.266 e. The number of aryl methyl sites for hydroxylation is 2. The number of hydrogen-bond acceptors (Lipinski definition) is 4. The number of nitrogens with zero attached hydrogens (tertiary/aromatic N) is 1. The molecule has 0 heterocycles. The van der Waals surface area contributed by atoms with Crippen molar-refractivity contribution in [1.82, 2.24) is 0 Å². The van der Waals surface area contributed by atoms with E-state index in [9.17, 15) is 10.1 Å². The molecule has 5 aromatic rings. The van der Waals surface area contributed by atoms with Crippen molar-refractivity contribution < 1.29 is 14.3 Å². The lowest BCUT2D eigenvalue weighted by atomic mass is 10.0. The minimum Gasteiger partial charge on any atom is -0.489 e. The van der Waals surface area contributed by atoms with E-state index in [1.165, 1.54) is 11.6 Å². The van der Waals surface area contributed by atoms with Crippen LogP contribution in [-0.2, 0) is 18.0 Å². The van der Waals surface area contributed by atoms with Crippen LogP contribution in [-0.4, -0.2) is 5.91 Å². The molecule has 0 unspecified atom stereocenters. The lowest BCUT2D eigenvalue weighted by molar-refractivity contribution is -0.112. The highest BCUT2D eigenvalue weighted by atomic mass is 35.5. The standard InChI is InChI=1S/C36H29ClN2O3/c1-24-7-10-26(11-8-24)22-41-31-16-14-30(15-17-31)39-36(40)29(21-38)19-27-12-18-35(34(37)20-27)42-23-33-25(2)9-13-28-5-3-4-6-32(28)33/h3-20H,22-23H2,1-2H3,(H,39,40)/b29-19+. The zero-order valence-electron chi connectivity index (χ0n) is 23.4. The molecule has 5 nitrogen and oxygen atoms in total. The van der Waals surface area contributed by atoms with Crippen LogP contribution < -0.4 is 14.8 Å². The number of nitriles is 1. The number of anilines is 1. The van der Waals surface area contributed by atoms with Gasteiger partial charge in [0.15, 0.2) is 0 Å². The third-order valence-corrected chi connectivity index (χ3v) is 7.21. The first kappa shape index (κ1) is 28.5. The Morgan fingerprint density at radius 3 is 2.38 bits per heavy atom. The van der Waals surface area contributed by atoms with Crippen LogP contribution in [0.15, 0.2) is 109 Å². The van der Waals surface area contributed by atoms with Gasteiger partial charge in [-0.2, -0.15) is 5.26 Å². The number of amides is 1. The fraction of sp³-hybridized carbons (Fsp3) is 0.111. The van der Waals surface area contributed by atoms with Crippen molar-refractivity contribution in [3.8, 4) is 17.6 Å². The maximum atomic E-state index is 12.8. The monoisotopic (exact) mass is 572 g/mol. The Hall–Kier alpha value is -5.05. The van der Waals surface area contributed by atoms with Crippen LogP contribution in [0, 0.1) is 25.2 Å². The van der Waals surface area contributed by atoms with Gasteiger partial charge >= 0.3 is 0 Å². The van der Waals surface area contributed by atoms with E-state index in [0.29, 0.717) is 41.0 Å². The lowest BCUT2D eigenvalue weighted by Gasteiger charge is -2.13. The zero-order chi connectivity index (χ0) is 29.5. The molecule has 0 aliphatic rings. The summed E-state index contributed by atoms with van der Waals surface area (Å²) in [7, 11) is 0. The molecule has 5 rings (SSSR count). The average molecular weight is 573 g/mol. The van der Waals surface area contributed by atoms with Gasteiger partial charge < -0.3 is 14.8 Å². The van der Waals surface area contributed by atoms with Crippen LogP contribution in [0.1, 0.15) is 27.8 Å². The van der Waals surface area contributed by atoms with Gasteiger partial charge in [-0.15, -0.1) is 0 Å². The third kappa shape index (κ3) is 6.98. The molecular weight excluding hydrogens is 544 g/mol. The number of halogens is 1. The average Bonchev–Trinajstić information content (AvgIpc) is 3.00. The van der Waals surface area contributed by atoms with Gasteiger partial charge in [0.25, 0.3) is 5.91 Å². The van der Waals surface area contributed by atoms with Crippen LogP contribution in [0.5, 0.6) is 11.5 Å². The smallest absolute Gasteiger partial charge is 0.266 e. The second-order valence-corrected chi connectivity index (χ2v) is 10.4. The summed E-state index contributed by atoms with van der Waals surface area (Å²) in [5.74, 6) is 0.680. The van der Waals surface area contributed by atoms with Crippen LogP contribution in [0.3, 0.4) is 0 Å². The fourth-order valence-electron chi connectivity index (χ4n) is 4.51. The number of carbonyl (C=O) groups excluding carboxylic acids is 1. The molecule has 0 aliphatic heterocycles. The van der Waals surface area contributed by atoms with Crippen molar-refractivity contribution in [2.45, 2.75) is 27.1 Å². The van der Waals surface area contributed by atoms with Crippen molar-refractivity contribution in [1.29, 1.82) is 5.26 Å². The van der Waals surface area contributed by atoms with E-state index >= 15 is 0 Å². The summed E-state index contributed by atoms with van der Waals surface area (Å²) in [5, 5.41) is 15.1. The van der Waals surface area contributed by atoms with E-state index in [1.807, 2.05) is 49.4 Å². The predicted octanol–water partition coefficient (Wildman–Crippen LogP) is 8.81. The van der Waals surface area contributed by atoms with Crippen LogP contribution in [0.4, 0.5) is 5.69 Å². The lowest BCUT2D eigenvalue weighted by Crippen LogP contribution is -2.13. The van der Waals surface area contributed by atoms with Gasteiger partial charge in [0.1, 0.15) is 36.4 Å². The van der Waals surface area contributed by atoms with E-state index in [0.717, 1.165) is 27.5 Å². The van der Waals surface area contributed by atoms with Crippen molar-refractivity contribution in [2.24, 2.45) is 0 Å².